The molecule has 10 heteroatoms. The third-order valence-electron chi connectivity index (χ3n) is 4.89. The van der Waals surface area contributed by atoms with Crippen LogP contribution in [0.4, 0.5) is 0 Å². The van der Waals surface area contributed by atoms with Crippen LogP contribution in [0.3, 0.4) is 0 Å². The summed E-state index contributed by atoms with van der Waals surface area (Å²) in [7, 11) is -2.17. The highest BCUT2D eigenvalue weighted by Gasteiger charge is 2.35. The second kappa shape index (κ2) is 8.64. The van der Waals surface area contributed by atoms with Gasteiger partial charge in [-0.2, -0.15) is 5.10 Å². The Morgan fingerprint density at radius 2 is 2.18 bits per heavy atom. The molecule has 2 heterocycles. The van der Waals surface area contributed by atoms with E-state index in [1.165, 1.54) is 18.5 Å². The molecule has 3 rings (SSSR count). The van der Waals surface area contributed by atoms with Crippen molar-refractivity contribution in [3.05, 3.63) is 36.2 Å². The molecule has 0 aromatic carbocycles. The molecule has 2 N–H and O–H groups in total. The van der Waals surface area contributed by atoms with Crippen LogP contribution in [0.25, 0.3) is 0 Å². The van der Waals surface area contributed by atoms with Crippen molar-refractivity contribution in [1.82, 2.24) is 24.5 Å². The largest absolute Gasteiger partial charge is 0.391 e. The number of aliphatic hydroxyl groups is 1. The van der Waals surface area contributed by atoms with E-state index in [-0.39, 0.29) is 16.9 Å². The fourth-order valence-corrected chi connectivity index (χ4v) is 4.76. The monoisotopic (exact) mass is 409 g/mol. The predicted molar refractivity (Wildman–Crippen MR) is 102 cm³/mol. The van der Waals surface area contributed by atoms with Crippen molar-refractivity contribution < 1.29 is 18.3 Å². The summed E-state index contributed by atoms with van der Waals surface area (Å²) < 4.78 is 34.9. The van der Waals surface area contributed by atoms with Crippen LogP contribution in [0.1, 0.15) is 56.7 Å². The van der Waals surface area contributed by atoms with E-state index >= 15 is 0 Å². The Balaban J connectivity index is 1.81. The van der Waals surface area contributed by atoms with Crippen molar-refractivity contribution in [2.45, 2.75) is 68.7 Å². The van der Waals surface area contributed by atoms with E-state index in [4.69, 9.17) is 4.74 Å². The molecule has 2 aromatic heterocycles. The standard InChI is InChI=1S/C18H27N5O4S/c1-12(2)23-18(20-17(21-23)11-27-3)13-6-7-16(24)15(9-13)22-28(25,26)14-5-4-8-19-10-14/h4-5,8,10,12-13,15-16,22,24H,6-7,9,11H2,1-3H3/t13-,15+,16+/m0/s1. The molecule has 1 aliphatic rings. The van der Waals surface area contributed by atoms with Crippen LogP contribution in [-0.2, 0) is 21.4 Å². The lowest BCUT2D eigenvalue weighted by atomic mass is 9.83. The zero-order chi connectivity index (χ0) is 20.3. The first kappa shape index (κ1) is 20.8. The third-order valence-corrected chi connectivity index (χ3v) is 6.37. The normalized spacial score (nSPS) is 23.2. The van der Waals surface area contributed by atoms with E-state index in [1.54, 1.807) is 13.2 Å². The minimum absolute atomic E-state index is 0.00879. The fraction of sp³-hybridized carbons (Fsp3) is 0.611. The van der Waals surface area contributed by atoms with Crippen LogP contribution < -0.4 is 4.72 Å². The van der Waals surface area contributed by atoms with Gasteiger partial charge in [-0.3, -0.25) is 4.98 Å². The van der Waals surface area contributed by atoms with Crippen molar-refractivity contribution >= 4 is 10.0 Å². The summed E-state index contributed by atoms with van der Waals surface area (Å²) in [5.74, 6) is 1.40. The fourth-order valence-electron chi connectivity index (χ4n) is 3.52. The number of rotatable bonds is 7. The summed E-state index contributed by atoms with van der Waals surface area (Å²) >= 11 is 0. The van der Waals surface area contributed by atoms with E-state index in [9.17, 15) is 13.5 Å². The summed E-state index contributed by atoms with van der Waals surface area (Å²) in [4.78, 5) is 8.56. The number of nitrogens with one attached hydrogen (secondary N) is 1. The topological polar surface area (TPSA) is 119 Å². The molecule has 0 spiro atoms. The summed E-state index contributed by atoms with van der Waals surface area (Å²) in [5, 5.41) is 14.9. The Bertz CT molecular complexity index is 885. The maximum atomic E-state index is 12.6. The van der Waals surface area contributed by atoms with Gasteiger partial charge in [-0.1, -0.05) is 0 Å². The zero-order valence-electron chi connectivity index (χ0n) is 16.3. The molecule has 0 aliphatic heterocycles. The molecule has 0 amide bonds. The minimum Gasteiger partial charge on any atom is -0.391 e. The highest BCUT2D eigenvalue weighted by Crippen LogP contribution is 2.34. The lowest BCUT2D eigenvalue weighted by Gasteiger charge is -2.33. The third kappa shape index (κ3) is 4.57. The van der Waals surface area contributed by atoms with Crippen molar-refractivity contribution in [1.29, 1.82) is 0 Å². The van der Waals surface area contributed by atoms with Crippen LogP contribution in [0.2, 0.25) is 0 Å². The number of sulfonamides is 1. The van der Waals surface area contributed by atoms with Crippen molar-refractivity contribution in [3.8, 4) is 0 Å². The van der Waals surface area contributed by atoms with Gasteiger partial charge < -0.3 is 9.84 Å². The van der Waals surface area contributed by atoms with E-state index in [2.05, 4.69) is 19.8 Å². The minimum atomic E-state index is -3.76. The zero-order valence-corrected chi connectivity index (χ0v) is 17.1. The Labute approximate surface area is 165 Å². The number of hydrogen-bond donors (Lipinski definition) is 2. The van der Waals surface area contributed by atoms with Gasteiger partial charge in [0.1, 0.15) is 17.3 Å². The summed E-state index contributed by atoms with van der Waals surface area (Å²) in [5.41, 5.74) is 0. The summed E-state index contributed by atoms with van der Waals surface area (Å²) in [6, 6.07) is 2.56. The summed E-state index contributed by atoms with van der Waals surface area (Å²) in [6.07, 6.45) is 3.69. The molecule has 0 saturated heterocycles. The molecule has 28 heavy (non-hydrogen) atoms. The van der Waals surface area contributed by atoms with Gasteiger partial charge in [-0.05, 0) is 45.2 Å². The molecule has 3 atom stereocenters. The van der Waals surface area contributed by atoms with Gasteiger partial charge in [0, 0.05) is 37.5 Å². The van der Waals surface area contributed by atoms with E-state index < -0.39 is 22.2 Å². The van der Waals surface area contributed by atoms with Crippen LogP contribution >= 0.6 is 0 Å². The van der Waals surface area contributed by atoms with Crippen LogP contribution in [0.5, 0.6) is 0 Å². The van der Waals surface area contributed by atoms with Gasteiger partial charge in [-0.25, -0.2) is 22.8 Å². The molecule has 1 aliphatic carbocycles. The molecular formula is C18H27N5O4S. The first-order valence-electron chi connectivity index (χ1n) is 9.36. The van der Waals surface area contributed by atoms with Crippen LogP contribution in [0, 0.1) is 0 Å². The van der Waals surface area contributed by atoms with Crippen molar-refractivity contribution in [2.24, 2.45) is 0 Å². The SMILES string of the molecule is COCc1nc([C@H]2CC[C@@H](O)[C@H](NS(=O)(=O)c3cccnc3)C2)n(C(C)C)n1. The number of methoxy groups -OCH3 is 1. The molecule has 0 radical (unpaired) electrons. The summed E-state index contributed by atoms with van der Waals surface area (Å²) in [6.45, 7) is 4.36. The number of pyridine rings is 1. The Kier molecular flexibility index (Phi) is 6.43. The van der Waals surface area contributed by atoms with Gasteiger partial charge in [0.15, 0.2) is 5.82 Å². The van der Waals surface area contributed by atoms with Crippen molar-refractivity contribution in [2.75, 3.05) is 7.11 Å². The van der Waals surface area contributed by atoms with E-state index in [0.717, 1.165) is 5.82 Å². The molecule has 154 valence electrons. The first-order valence-corrected chi connectivity index (χ1v) is 10.8. The average Bonchev–Trinajstić information content (AvgIpc) is 3.09. The molecule has 0 bridgehead atoms. The lowest BCUT2D eigenvalue weighted by molar-refractivity contribution is 0.0912. The average molecular weight is 410 g/mol. The number of aliphatic hydroxyl groups excluding tert-OH is 1. The quantitative estimate of drug-likeness (QED) is 0.709. The van der Waals surface area contributed by atoms with E-state index in [0.29, 0.717) is 31.7 Å². The maximum Gasteiger partial charge on any atom is 0.242 e. The van der Waals surface area contributed by atoms with E-state index in [1.807, 2.05) is 18.5 Å². The highest BCUT2D eigenvalue weighted by atomic mass is 32.2. The van der Waals surface area contributed by atoms with Gasteiger partial charge in [0.2, 0.25) is 10.0 Å². The number of nitrogens with zero attached hydrogens (tertiary/aromatic N) is 4. The van der Waals surface area contributed by atoms with Gasteiger partial charge in [0.05, 0.1) is 6.10 Å². The number of ether oxygens (including phenoxy) is 1. The molecule has 1 fully saturated rings. The number of hydrogen-bond acceptors (Lipinski definition) is 7. The van der Waals surface area contributed by atoms with Crippen LogP contribution in [-0.4, -0.2) is 52.5 Å². The number of aromatic nitrogens is 4. The second-order valence-electron chi connectivity index (χ2n) is 7.35. The maximum absolute atomic E-state index is 12.6. The Morgan fingerprint density at radius 1 is 1.39 bits per heavy atom. The Morgan fingerprint density at radius 3 is 2.82 bits per heavy atom. The van der Waals surface area contributed by atoms with Crippen LogP contribution in [0.15, 0.2) is 29.4 Å². The molecule has 0 unspecified atom stereocenters. The van der Waals surface area contributed by atoms with Gasteiger partial charge in [0.25, 0.3) is 0 Å². The van der Waals surface area contributed by atoms with Gasteiger partial charge >= 0.3 is 0 Å². The molecule has 2 aromatic rings. The molecular weight excluding hydrogens is 382 g/mol. The molecule has 9 nitrogen and oxygen atoms in total. The molecule has 1 saturated carbocycles. The predicted octanol–water partition coefficient (Wildman–Crippen LogP) is 1.38. The lowest BCUT2D eigenvalue weighted by Crippen LogP contribution is -2.46. The first-order chi connectivity index (χ1) is 13.3. The highest BCUT2D eigenvalue weighted by molar-refractivity contribution is 7.89. The van der Waals surface area contributed by atoms with Crippen molar-refractivity contribution in [3.63, 3.8) is 0 Å². The smallest absolute Gasteiger partial charge is 0.242 e. The van der Waals surface area contributed by atoms with Gasteiger partial charge in [-0.15, -0.1) is 0 Å². The Hall–Kier alpha value is -1.88. The second-order valence-corrected chi connectivity index (χ2v) is 9.07.